The van der Waals surface area contributed by atoms with E-state index in [0.29, 0.717) is 5.82 Å². The van der Waals surface area contributed by atoms with Gasteiger partial charge in [-0.2, -0.15) is 0 Å². The molecule has 0 spiro atoms. The molecule has 6 heteroatoms. The monoisotopic (exact) mass is 320 g/mol. The van der Waals surface area contributed by atoms with Crippen LogP contribution in [0.5, 0.6) is 0 Å². The van der Waals surface area contributed by atoms with Crippen molar-refractivity contribution in [1.82, 2.24) is 14.4 Å². The van der Waals surface area contributed by atoms with Crippen molar-refractivity contribution in [2.24, 2.45) is 0 Å². The van der Waals surface area contributed by atoms with Gasteiger partial charge in [0.15, 0.2) is 5.82 Å². The summed E-state index contributed by atoms with van der Waals surface area (Å²) in [7, 11) is 0. The molecule has 4 nitrogen and oxygen atoms in total. The van der Waals surface area contributed by atoms with Crippen LogP contribution in [-0.2, 0) is 0 Å². The Morgan fingerprint density at radius 2 is 2.16 bits per heavy atom. The van der Waals surface area contributed by atoms with Gasteiger partial charge in [0, 0.05) is 5.69 Å². The number of aromatic nitrogens is 3. The van der Waals surface area contributed by atoms with Crippen LogP contribution >= 0.6 is 15.9 Å². The number of hydrogen-bond acceptors (Lipinski definition) is 3. The summed E-state index contributed by atoms with van der Waals surface area (Å²) in [5, 5.41) is 3.20. The molecule has 0 atom stereocenters. The third kappa shape index (κ3) is 2.19. The number of anilines is 2. The lowest BCUT2D eigenvalue weighted by atomic mass is 10.2. The lowest BCUT2D eigenvalue weighted by Gasteiger charge is -2.10. The number of nitrogens with one attached hydrogen (secondary N) is 1. The fourth-order valence-electron chi connectivity index (χ4n) is 1.88. The van der Waals surface area contributed by atoms with Crippen LogP contribution in [0, 0.1) is 12.7 Å². The molecule has 0 aliphatic heterocycles. The summed E-state index contributed by atoms with van der Waals surface area (Å²) in [6.45, 7) is 1.85. The van der Waals surface area contributed by atoms with E-state index in [1.54, 1.807) is 24.8 Å². The van der Waals surface area contributed by atoms with Gasteiger partial charge >= 0.3 is 0 Å². The zero-order valence-corrected chi connectivity index (χ0v) is 11.6. The second kappa shape index (κ2) is 4.62. The molecular formula is C13H10BrFN4. The van der Waals surface area contributed by atoms with Crippen molar-refractivity contribution in [3.05, 3.63) is 52.9 Å². The number of rotatable bonds is 2. The maximum atomic E-state index is 13.1. The molecule has 3 aromatic rings. The van der Waals surface area contributed by atoms with Crippen molar-refractivity contribution < 1.29 is 4.39 Å². The van der Waals surface area contributed by atoms with Crippen molar-refractivity contribution >= 4 is 33.0 Å². The molecule has 0 fully saturated rings. The van der Waals surface area contributed by atoms with Crippen molar-refractivity contribution in [3.8, 4) is 0 Å². The third-order valence-electron chi connectivity index (χ3n) is 2.85. The van der Waals surface area contributed by atoms with E-state index in [4.69, 9.17) is 0 Å². The van der Waals surface area contributed by atoms with Gasteiger partial charge in [0.25, 0.3) is 0 Å². The van der Waals surface area contributed by atoms with Gasteiger partial charge < -0.3 is 5.32 Å². The average molecular weight is 321 g/mol. The van der Waals surface area contributed by atoms with Gasteiger partial charge in [-0.3, -0.25) is 4.40 Å². The standard InChI is InChI=1S/C13H10BrFN4/c1-8-4-9(15)2-3-10(8)18-13-11-5-16-7-19(11)12(14)6-17-13/h2-7H,1H3,(H,17,18). The summed E-state index contributed by atoms with van der Waals surface area (Å²) in [4.78, 5) is 8.42. The minimum Gasteiger partial charge on any atom is -0.338 e. The SMILES string of the molecule is Cc1cc(F)ccc1Nc1ncc(Br)n2cncc12. The van der Waals surface area contributed by atoms with E-state index in [1.807, 2.05) is 11.3 Å². The van der Waals surface area contributed by atoms with Gasteiger partial charge in [-0.15, -0.1) is 0 Å². The Labute approximate surface area is 117 Å². The lowest BCUT2D eigenvalue weighted by Crippen LogP contribution is -1.99. The smallest absolute Gasteiger partial charge is 0.156 e. The highest BCUT2D eigenvalue weighted by atomic mass is 79.9. The Bertz CT molecular complexity index is 753. The molecule has 2 aromatic heterocycles. The highest BCUT2D eigenvalue weighted by molar-refractivity contribution is 9.10. The molecule has 0 aliphatic rings. The average Bonchev–Trinajstić information content (AvgIpc) is 2.86. The third-order valence-corrected chi connectivity index (χ3v) is 3.44. The Hall–Kier alpha value is -1.95. The largest absolute Gasteiger partial charge is 0.338 e. The topological polar surface area (TPSA) is 42.2 Å². The van der Waals surface area contributed by atoms with Crippen molar-refractivity contribution in [1.29, 1.82) is 0 Å². The quantitative estimate of drug-likeness (QED) is 0.783. The molecule has 2 heterocycles. The van der Waals surface area contributed by atoms with Crippen LogP contribution in [0.25, 0.3) is 5.52 Å². The molecule has 3 rings (SSSR count). The first-order valence-electron chi connectivity index (χ1n) is 5.65. The minimum absolute atomic E-state index is 0.249. The van der Waals surface area contributed by atoms with Crippen LogP contribution in [0.3, 0.4) is 0 Å². The van der Waals surface area contributed by atoms with E-state index in [-0.39, 0.29) is 5.82 Å². The van der Waals surface area contributed by atoms with Gasteiger partial charge in [-0.25, -0.2) is 14.4 Å². The summed E-state index contributed by atoms with van der Waals surface area (Å²) < 4.78 is 15.8. The highest BCUT2D eigenvalue weighted by Crippen LogP contribution is 2.24. The van der Waals surface area contributed by atoms with Gasteiger partial charge in [0.1, 0.15) is 22.3 Å². The maximum absolute atomic E-state index is 13.1. The predicted molar refractivity (Wildman–Crippen MR) is 75.1 cm³/mol. The number of hydrogen-bond donors (Lipinski definition) is 1. The molecule has 0 saturated carbocycles. The van der Waals surface area contributed by atoms with Gasteiger partial charge in [0.05, 0.1) is 12.4 Å². The zero-order valence-electron chi connectivity index (χ0n) is 10.1. The first kappa shape index (κ1) is 12.1. The first-order chi connectivity index (χ1) is 9.15. The molecule has 0 bridgehead atoms. The van der Waals surface area contributed by atoms with E-state index in [1.165, 1.54) is 12.1 Å². The Morgan fingerprint density at radius 1 is 1.32 bits per heavy atom. The number of halogens is 2. The Morgan fingerprint density at radius 3 is 2.95 bits per heavy atom. The van der Waals surface area contributed by atoms with Crippen LogP contribution in [0.15, 0.2) is 41.5 Å². The zero-order chi connectivity index (χ0) is 13.4. The minimum atomic E-state index is -0.249. The fraction of sp³-hybridized carbons (Fsp3) is 0.0769. The second-order valence-corrected chi connectivity index (χ2v) is 4.98. The number of aryl methyl sites for hydroxylation is 1. The number of nitrogens with zero attached hydrogens (tertiary/aromatic N) is 3. The summed E-state index contributed by atoms with van der Waals surface area (Å²) in [6.07, 6.45) is 5.11. The molecule has 0 aliphatic carbocycles. The number of imidazole rings is 1. The van der Waals surface area contributed by atoms with Crippen molar-refractivity contribution in [3.63, 3.8) is 0 Å². The van der Waals surface area contributed by atoms with E-state index in [9.17, 15) is 4.39 Å². The second-order valence-electron chi connectivity index (χ2n) is 4.16. The molecular weight excluding hydrogens is 311 g/mol. The summed E-state index contributed by atoms with van der Waals surface area (Å²) >= 11 is 3.40. The summed E-state index contributed by atoms with van der Waals surface area (Å²) in [6, 6.07) is 4.60. The molecule has 1 aromatic carbocycles. The van der Waals surface area contributed by atoms with Crippen LogP contribution in [-0.4, -0.2) is 14.4 Å². The van der Waals surface area contributed by atoms with E-state index >= 15 is 0 Å². The number of benzene rings is 1. The van der Waals surface area contributed by atoms with E-state index in [2.05, 4.69) is 31.2 Å². The van der Waals surface area contributed by atoms with Gasteiger partial charge in [-0.1, -0.05) is 0 Å². The van der Waals surface area contributed by atoms with E-state index < -0.39 is 0 Å². The first-order valence-corrected chi connectivity index (χ1v) is 6.44. The van der Waals surface area contributed by atoms with Crippen LogP contribution in [0.4, 0.5) is 15.9 Å². The highest BCUT2D eigenvalue weighted by Gasteiger charge is 2.08. The lowest BCUT2D eigenvalue weighted by molar-refractivity contribution is 0.627. The van der Waals surface area contributed by atoms with Crippen LogP contribution < -0.4 is 5.32 Å². The Kier molecular flexibility index (Phi) is 2.94. The Balaban J connectivity index is 2.06. The molecule has 1 N–H and O–H groups in total. The van der Waals surface area contributed by atoms with Crippen LogP contribution in [0.2, 0.25) is 0 Å². The van der Waals surface area contributed by atoms with Crippen molar-refractivity contribution in [2.75, 3.05) is 5.32 Å². The fourth-order valence-corrected chi connectivity index (χ4v) is 2.26. The predicted octanol–water partition coefficient (Wildman–Crippen LogP) is 3.68. The van der Waals surface area contributed by atoms with Crippen LogP contribution in [0.1, 0.15) is 5.56 Å². The van der Waals surface area contributed by atoms with Gasteiger partial charge in [-0.05, 0) is 46.6 Å². The molecule has 0 unspecified atom stereocenters. The molecule has 19 heavy (non-hydrogen) atoms. The number of fused-ring (bicyclic) bond motifs is 1. The van der Waals surface area contributed by atoms with E-state index in [0.717, 1.165) is 21.4 Å². The van der Waals surface area contributed by atoms with Crippen molar-refractivity contribution in [2.45, 2.75) is 6.92 Å². The maximum Gasteiger partial charge on any atom is 0.156 e. The molecule has 0 saturated heterocycles. The molecule has 0 radical (unpaired) electrons. The van der Waals surface area contributed by atoms with Gasteiger partial charge in [0.2, 0.25) is 0 Å². The normalized spacial score (nSPS) is 10.9. The summed E-state index contributed by atoms with van der Waals surface area (Å²) in [5.74, 6) is 0.428. The molecule has 0 amide bonds. The molecule has 96 valence electrons. The summed E-state index contributed by atoms with van der Waals surface area (Å²) in [5.41, 5.74) is 2.49.